The minimum Gasteiger partial charge on any atom is -0.460 e. The third-order valence-corrected chi connectivity index (χ3v) is 10.4. The largest absolute Gasteiger partial charge is 0.460 e. The SMILES string of the molecule is C1=Cc2c(oc3c2ccc2oc4ccccc4c23)CC1.Cc1ccc2ccc(-c3ccc4c(c3)oc3ccc5oc6ccccc6c5c34)cc2c1. The van der Waals surface area contributed by atoms with Crippen LogP contribution >= 0.6 is 0 Å². The fourth-order valence-electron chi connectivity index (χ4n) is 8.02. The molecule has 4 heteroatoms. The molecule has 0 spiro atoms. The maximum Gasteiger partial charge on any atom is 0.146 e. The van der Waals surface area contributed by atoms with Crippen molar-refractivity contribution in [1.29, 1.82) is 0 Å². The number of furan rings is 4. The Morgan fingerprint density at radius 2 is 1.06 bits per heavy atom. The molecule has 0 radical (unpaired) electrons. The maximum absolute atomic E-state index is 6.31. The van der Waals surface area contributed by atoms with Gasteiger partial charge in [0.25, 0.3) is 0 Å². The molecule has 11 aromatic rings. The molecule has 4 aromatic heterocycles. The quantitative estimate of drug-likeness (QED) is 0.176. The molecule has 1 aliphatic rings. The van der Waals surface area contributed by atoms with Crippen LogP contribution in [0, 0.1) is 6.92 Å². The van der Waals surface area contributed by atoms with Crippen LogP contribution in [-0.4, -0.2) is 0 Å². The summed E-state index contributed by atoms with van der Waals surface area (Å²) in [5.41, 5.74) is 11.2. The number of aryl methyl sites for hydroxylation is 2. The minimum atomic E-state index is 0.889. The van der Waals surface area contributed by atoms with Crippen LogP contribution in [0.15, 0.2) is 151 Å². The lowest BCUT2D eigenvalue weighted by Crippen LogP contribution is -1.87. The molecule has 1 aliphatic carbocycles. The van der Waals surface area contributed by atoms with Crippen molar-refractivity contribution >= 4 is 93.6 Å². The third kappa shape index (κ3) is 4.33. The molecule has 7 aromatic carbocycles. The molecule has 4 nitrogen and oxygen atoms in total. The lowest BCUT2D eigenvalue weighted by Gasteiger charge is -2.05. The van der Waals surface area contributed by atoms with Crippen LogP contribution in [0.1, 0.15) is 23.3 Å². The van der Waals surface area contributed by atoms with E-state index >= 15 is 0 Å². The molecule has 242 valence electrons. The van der Waals surface area contributed by atoms with Crippen molar-refractivity contribution in [3.05, 3.63) is 150 Å². The van der Waals surface area contributed by atoms with Crippen LogP contribution in [0.2, 0.25) is 0 Å². The van der Waals surface area contributed by atoms with Gasteiger partial charge in [0.2, 0.25) is 0 Å². The van der Waals surface area contributed by atoms with Crippen molar-refractivity contribution in [1.82, 2.24) is 0 Å². The van der Waals surface area contributed by atoms with Crippen LogP contribution in [0.5, 0.6) is 0 Å². The second-order valence-electron chi connectivity index (χ2n) is 13.6. The average molecular weight is 659 g/mol. The van der Waals surface area contributed by atoms with E-state index in [4.69, 9.17) is 17.7 Å². The van der Waals surface area contributed by atoms with E-state index in [9.17, 15) is 0 Å². The molecule has 0 aliphatic heterocycles. The Morgan fingerprint density at radius 1 is 0.451 bits per heavy atom. The van der Waals surface area contributed by atoms with Crippen molar-refractivity contribution in [3.8, 4) is 11.1 Å². The Hall–Kier alpha value is -6.52. The summed E-state index contributed by atoms with van der Waals surface area (Å²) in [6.07, 6.45) is 6.44. The summed E-state index contributed by atoms with van der Waals surface area (Å²) in [5.74, 6) is 1.10. The minimum absolute atomic E-state index is 0.889. The Bertz CT molecular complexity index is 3210. The number of fused-ring (bicyclic) bond motifs is 15. The predicted octanol–water partition coefficient (Wildman–Crippen LogP) is 13.9. The number of allylic oxidation sites excluding steroid dienone is 1. The average Bonchev–Trinajstić information content (AvgIpc) is 3.93. The Balaban J connectivity index is 0.000000133. The zero-order valence-electron chi connectivity index (χ0n) is 27.8. The van der Waals surface area contributed by atoms with E-state index in [-0.39, 0.29) is 0 Å². The molecule has 0 saturated heterocycles. The lowest BCUT2D eigenvalue weighted by atomic mass is 9.98. The maximum atomic E-state index is 6.31. The summed E-state index contributed by atoms with van der Waals surface area (Å²) in [5, 5.41) is 10.4. The highest BCUT2D eigenvalue weighted by atomic mass is 16.4. The van der Waals surface area contributed by atoms with E-state index in [2.05, 4.69) is 104 Å². The van der Waals surface area contributed by atoms with Crippen LogP contribution in [0.4, 0.5) is 0 Å². The van der Waals surface area contributed by atoms with Crippen molar-refractivity contribution in [2.24, 2.45) is 0 Å². The van der Waals surface area contributed by atoms with Gasteiger partial charge in [0.15, 0.2) is 0 Å². The summed E-state index contributed by atoms with van der Waals surface area (Å²) in [7, 11) is 0. The van der Waals surface area contributed by atoms with E-state index in [1.807, 2.05) is 42.5 Å². The summed E-state index contributed by atoms with van der Waals surface area (Å²) >= 11 is 0. The zero-order chi connectivity index (χ0) is 33.6. The third-order valence-electron chi connectivity index (χ3n) is 10.4. The van der Waals surface area contributed by atoms with Gasteiger partial charge in [-0.15, -0.1) is 0 Å². The highest BCUT2D eigenvalue weighted by molar-refractivity contribution is 6.26. The van der Waals surface area contributed by atoms with Gasteiger partial charge in [0.1, 0.15) is 44.8 Å². The molecule has 0 fully saturated rings. The molecule has 0 atom stereocenters. The van der Waals surface area contributed by atoms with Gasteiger partial charge in [0, 0.05) is 44.3 Å². The number of benzene rings is 7. The monoisotopic (exact) mass is 658 g/mol. The molecular formula is C47H30O4. The van der Waals surface area contributed by atoms with E-state index in [0.717, 1.165) is 95.6 Å². The molecule has 0 bridgehead atoms. The van der Waals surface area contributed by atoms with Gasteiger partial charge in [-0.25, -0.2) is 0 Å². The number of hydrogen-bond acceptors (Lipinski definition) is 4. The first kappa shape index (κ1) is 28.3. The summed E-state index contributed by atoms with van der Waals surface area (Å²) in [6, 6.07) is 44.2. The lowest BCUT2D eigenvalue weighted by molar-refractivity contribution is 0.548. The number of rotatable bonds is 1. The first-order valence-corrected chi connectivity index (χ1v) is 17.5. The Labute approximate surface area is 291 Å². The van der Waals surface area contributed by atoms with E-state index in [1.165, 1.54) is 32.8 Å². The highest BCUT2D eigenvalue weighted by Gasteiger charge is 2.20. The molecule has 4 heterocycles. The fourth-order valence-corrected chi connectivity index (χ4v) is 8.02. The van der Waals surface area contributed by atoms with Crippen molar-refractivity contribution in [2.75, 3.05) is 0 Å². The molecule has 51 heavy (non-hydrogen) atoms. The smallest absolute Gasteiger partial charge is 0.146 e. The van der Waals surface area contributed by atoms with Crippen LogP contribution in [0.25, 0.3) is 105 Å². The number of para-hydroxylation sites is 2. The Kier molecular flexibility index (Phi) is 5.97. The number of hydrogen-bond donors (Lipinski definition) is 0. The topological polar surface area (TPSA) is 52.6 Å². The van der Waals surface area contributed by atoms with Crippen molar-refractivity contribution < 1.29 is 17.7 Å². The molecule has 0 saturated carbocycles. The van der Waals surface area contributed by atoms with Crippen molar-refractivity contribution in [2.45, 2.75) is 19.8 Å². The van der Waals surface area contributed by atoms with Gasteiger partial charge in [-0.2, -0.15) is 0 Å². The van der Waals surface area contributed by atoms with Crippen molar-refractivity contribution in [3.63, 3.8) is 0 Å². The van der Waals surface area contributed by atoms with Gasteiger partial charge >= 0.3 is 0 Å². The second-order valence-corrected chi connectivity index (χ2v) is 13.6. The molecule has 0 unspecified atom stereocenters. The summed E-state index contributed by atoms with van der Waals surface area (Å²) < 4.78 is 24.5. The normalized spacial score (nSPS) is 13.0. The Morgan fingerprint density at radius 3 is 1.86 bits per heavy atom. The van der Waals surface area contributed by atoms with Gasteiger partial charge in [-0.3, -0.25) is 0 Å². The zero-order valence-corrected chi connectivity index (χ0v) is 27.8. The summed E-state index contributed by atoms with van der Waals surface area (Å²) in [4.78, 5) is 0. The molecule has 0 amide bonds. The van der Waals surface area contributed by atoms with Gasteiger partial charge < -0.3 is 17.7 Å². The molecular weight excluding hydrogens is 629 g/mol. The van der Waals surface area contributed by atoms with Gasteiger partial charge in [-0.1, -0.05) is 90.5 Å². The van der Waals surface area contributed by atoms with Crippen LogP contribution < -0.4 is 0 Å². The second kappa shape index (κ2) is 10.7. The predicted molar refractivity (Wildman–Crippen MR) is 210 cm³/mol. The van der Waals surface area contributed by atoms with Crippen LogP contribution in [0.3, 0.4) is 0 Å². The van der Waals surface area contributed by atoms with Gasteiger partial charge in [0.05, 0.1) is 5.39 Å². The van der Waals surface area contributed by atoms with E-state index in [0.29, 0.717) is 0 Å². The van der Waals surface area contributed by atoms with Crippen LogP contribution in [-0.2, 0) is 6.42 Å². The standard InChI is InChI=1S/C29H18O2.C18H12O2/c1-17-6-7-18-8-9-19(15-21(18)14-17)20-10-11-23-27(16-20)31-26-13-12-25-28(29(23)26)22-4-2-3-5-24(22)30-25;1-3-7-14-11(5-1)12-9-10-16-17(18(12)20-14)13-6-2-4-8-15(13)19-16/h2-16H,1H3;1-2,4-6,8-10H,3,7H2. The van der Waals surface area contributed by atoms with E-state index < -0.39 is 0 Å². The molecule has 0 N–H and O–H groups in total. The first-order chi connectivity index (χ1) is 25.2. The fraction of sp³-hybridized carbons (Fsp3) is 0.0638. The van der Waals surface area contributed by atoms with Gasteiger partial charge in [-0.05, 0) is 89.8 Å². The first-order valence-electron chi connectivity index (χ1n) is 17.5. The summed E-state index contributed by atoms with van der Waals surface area (Å²) in [6.45, 7) is 2.13. The highest BCUT2D eigenvalue weighted by Crippen LogP contribution is 2.42. The van der Waals surface area contributed by atoms with E-state index in [1.54, 1.807) is 0 Å². The molecule has 12 rings (SSSR count).